The van der Waals surface area contributed by atoms with Crippen molar-refractivity contribution in [2.45, 2.75) is 31.5 Å². The van der Waals surface area contributed by atoms with Crippen LogP contribution in [0.15, 0.2) is 6.33 Å². The number of nitrogens with two attached hydrogens (primary N) is 1. The third-order valence-electron chi connectivity index (χ3n) is 3.60. The van der Waals surface area contributed by atoms with E-state index in [1.165, 1.54) is 6.33 Å². The number of hydrogen-bond donors (Lipinski definition) is 3. The van der Waals surface area contributed by atoms with E-state index >= 15 is 0 Å². The summed E-state index contributed by atoms with van der Waals surface area (Å²) in [5.74, 6) is 1.46. The molecule has 3 rings (SSSR count). The Balaban J connectivity index is 2.05. The first-order valence-electron chi connectivity index (χ1n) is 6.50. The number of nitrogens with zero attached hydrogens (tertiary/aromatic N) is 4. The predicted molar refractivity (Wildman–Crippen MR) is 78.8 cm³/mol. The highest BCUT2D eigenvalue weighted by Gasteiger charge is 2.44. The van der Waals surface area contributed by atoms with Crippen molar-refractivity contribution >= 4 is 28.7 Å². The van der Waals surface area contributed by atoms with Crippen molar-refractivity contribution in [3.05, 3.63) is 12.2 Å². The number of aliphatic hydroxyl groups excluding tert-OH is 2. The number of aliphatic hydroxyl groups is 2. The molecule has 2 aromatic heterocycles. The minimum atomic E-state index is -1.05. The van der Waals surface area contributed by atoms with E-state index in [1.807, 2.05) is 6.26 Å². The fraction of sp³-hybridized carbons (Fsp3) is 0.583. The number of ether oxygens (including phenoxy) is 1. The zero-order valence-electron chi connectivity index (χ0n) is 11.7. The van der Waals surface area contributed by atoms with Gasteiger partial charge in [-0.1, -0.05) is 0 Å². The number of aromatic nitrogens is 4. The van der Waals surface area contributed by atoms with Crippen LogP contribution in [0.1, 0.15) is 12.1 Å². The van der Waals surface area contributed by atoms with Crippen molar-refractivity contribution in [1.29, 1.82) is 0 Å². The minimum Gasteiger partial charge on any atom is -0.387 e. The first-order chi connectivity index (χ1) is 10.0. The molecule has 1 aliphatic heterocycles. The van der Waals surface area contributed by atoms with Crippen molar-refractivity contribution < 1.29 is 14.9 Å². The van der Waals surface area contributed by atoms with E-state index in [9.17, 15) is 10.2 Å². The van der Waals surface area contributed by atoms with Gasteiger partial charge in [0.25, 0.3) is 0 Å². The van der Waals surface area contributed by atoms with Crippen LogP contribution in [-0.2, 0) is 4.74 Å². The van der Waals surface area contributed by atoms with Gasteiger partial charge < -0.3 is 20.7 Å². The molecule has 1 fully saturated rings. The Hall–Kier alpha value is -1.42. The predicted octanol–water partition coefficient (Wildman–Crippen LogP) is -0.301. The molecule has 0 bridgehead atoms. The molecule has 0 aromatic carbocycles. The van der Waals surface area contributed by atoms with Crippen LogP contribution in [0.25, 0.3) is 11.2 Å². The van der Waals surface area contributed by atoms with E-state index in [1.54, 1.807) is 23.3 Å². The van der Waals surface area contributed by atoms with Crippen LogP contribution in [0.5, 0.6) is 0 Å². The highest BCUT2D eigenvalue weighted by Crippen LogP contribution is 2.34. The van der Waals surface area contributed by atoms with E-state index in [-0.39, 0.29) is 5.82 Å². The summed E-state index contributed by atoms with van der Waals surface area (Å²) in [6.45, 7) is 1.77. The molecule has 0 spiro atoms. The smallest absolute Gasteiger partial charge is 0.167 e. The first kappa shape index (κ1) is 14.5. The lowest BCUT2D eigenvalue weighted by atomic mass is 10.1. The van der Waals surface area contributed by atoms with Crippen LogP contribution in [0.2, 0.25) is 0 Å². The van der Waals surface area contributed by atoms with Gasteiger partial charge in [-0.3, -0.25) is 4.57 Å². The summed E-state index contributed by atoms with van der Waals surface area (Å²) < 4.78 is 7.45. The van der Waals surface area contributed by atoms with Gasteiger partial charge in [-0.2, -0.15) is 11.8 Å². The molecule has 3 heterocycles. The molecule has 4 N–H and O–H groups in total. The lowest BCUT2D eigenvalue weighted by Gasteiger charge is -2.18. The second-order valence-corrected chi connectivity index (χ2v) is 5.87. The lowest BCUT2D eigenvalue weighted by Crippen LogP contribution is -2.32. The Bertz CT molecular complexity index is 664. The summed E-state index contributed by atoms with van der Waals surface area (Å²) in [7, 11) is 0. The van der Waals surface area contributed by atoms with Crippen LogP contribution >= 0.6 is 11.8 Å². The molecule has 114 valence electrons. The van der Waals surface area contributed by atoms with E-state index in [2.05, 4.69) is 15.0 Å². The van der Waals surface area contributed by atoms with Gasteiger partial charge in [0.05, 0.1) is 6.10 Å². The van der Waals surface area contributed by atoms with Crippen LogP contribution in [0.4, 0.5) is 5.82 Å². The van der Waals surface area contributed by atoms with Gasteiger partial charge >= 0.3 is 0 Å². The van der Waals surface area contributed by atoms with Gasteiger partial charge in [0.1, 0.15) is 24.4 Å². The number of anilines is 1. The fourth-order valence-corrected chi connectivity index (χ4v) is 3.19. The summed E-state index contributed by atoms with van der Waals surface area (Å²) >= 11 is 1.55. The summed E-state index contributed by atoms with van der Waals surface area (Å²) in [5, 5.41) is 20.4. The Morgan fingerprint density at radius 1 is 1.38 bits per heavy atom. The van der Waals surface area contributed by atoms with Gasteiger partial charge in [0.2, 0.25) is 0 Å². The van der Waals surface area contributed by atoms with Gasteiger partial charge in [-0.05, 0) is 13.2 Å². The molecule has 1 aliphatic rings. The maximum atomic E-state index is 10.3. The molecule has 21 heavy (non-hydrogen) atoms. The summed E-state index contributed by atoms with van der Waals surface area (Å²) in [4.78, 5) is 12.4. The van der Waals surface area contributed by atoms with Gasteiger partial charge in [-0.25, -0.2) is 15.0 Å². The highest BCUT2D eigenvalue weighted by molar-refractivity contribution is 7.98. The normalized spacial score (nSPS) is 29.3. The van der Waals surface area contributed by atoms with E-state index < -0.39 is 24.5 Å². The quantitative estimate of drug-likeness (QED) is 0.707. The standard InChI is InChI=1S/C12H17N5O3S/c1-5-16-7-10(13)14-4-15-11(7)17(5)12-9(19)8(18)6(20-12)3-21-2/h4,6,8-9,12,18-19H,3H2,1-2H3,(H2,13,14,15)/t6-,8?,9?,12-/m1/s1. The molecule has 8 nitrogen and oxygen atoms in total. The molecule has 0 amide bonds. The fourth-order valence-electron chi connectivity index (χ4n) is 2.58. The number of thioether (sulfide) groups is 1. The molecular weight excluding hydrogens is 294 g/mol. The van der Waals surface area contributed by atoms with Crippen molar-refractivity contribution in [2.75, 3.05) is 17.7 Å². The summed E-state index contributed by atoms with van der Waals surface area (Å²) in [5.41, 5.74) is 6.74. The number of fused-ring (bicyclic) bond motifs is 1. The maximum Gasteiger partial charge on any atom is 0.167 e. The Morgan fingerprint density at radius 2 is 2.14 bits per heavy atom. The second kappa shape index (κ2) is 5.41. The first-order valence-corrected chi connectivity index (χ1v) is 7.89. The topological polar surface area (TPSA) is 119 Å². The monoisotopic (exact) mass is 311 g/mol. The van der Waals surface area contributed by atoms with Crippen LogP contribution in [0, 0.1) is 6.92 Å². The average Bonchev–Trinajstić information content (AvgIpc) is 2.92. The number of rotatable bonds is 3. The number of nitrogen functional groups attached to an aromatic ring is 1. The second-order valence-electron chi connectivity index (χ2n) is 4.96. The number of aryl methyl sites for hydroxylation is 1. The highest BCUT2D eigenvalue weighted by atomic mass is 32.2. The van der Waals surface area contributed by atoms with E-state index in [0.717, 1.165) is 0 Å². The molecule has 0 aliphatic carbocycles. The zero-order valence-corrected chi connectivity index (χ0v) is 12.5. The Labute approximate surface area is 125 Å². The molecule has 0 saturated carbocycles. The number of imidazole rings is 1. The van der Waals surface area contributed by atoms with Gasteiger partial charge in [0.15, 0.2) is 23.2 Å². The molecule has 2 aromatic rings. The zero-order chi connectivity index (χ0) is 15.1. The summed E-state index contributed by atoms with van der Waals surface area (Å²) in [6, 6.07) is 0. The van der Waals surface area contributed by atoms with Crippen molar-refractivity contribution in [1.82, 2.24) is 19.5 Å². The Morgan fingerprint density at radius 3 is 2.86 bits per heavy atom. The molecule has 9 heteroatoms. The van der Waals surface area contributed by atoms with Crippen LogP contribution in [-0.4, -0.2) is 60.1 Å². The van der Waals surface area contributed by atoms with Crippen molar-refractivity contribution in [2.24, 2.45) is 0 Å². The van der Waals surface area contributed by atoms with Gasteiger partial charge in [0, 0.05) is 5.75 Å². The van der Waals surface area contributed by atoms with Crippen LogP contribution in [0.3, 0.4) is 0 Å². The van der Waals surface area contributed by atoms with Crippen molar-refractivity contribution in [3.8, 4) is 0 Å². The molecule has 0 radical (unpaired) electrons. The molecule has 4 atom stereocenters. The molecule has 2 unspecified atom stereocenters. The molecule has 1 saturated heterocycles. The third-order valence-corrected chi connectivity index (χ3v) is 4.27. The largest absolute Gasteiger partial charge is 0.387 e. The van der Waals surface area contributed by atoms with Crippen molar-refractivity contribution in [3.63, 3.8) is 0 Å². The summed E-state index contributed by atoms with van der Waals surface area (Å²) in [6.07, 6.45) is 0.0916. The lowest BCUT2D eigenvalue weighted by molar-refractivity contribution is -0.0300. The van der Waals surface area contributed by atoms with E-state index in [0.29, 0.717) is 22.7 Å². The Kier molecular flexibility index (Phi) is 3.74. The van der Waals surface area contributed by atoms with Crippen LogP contribution < -0.4 is 5.73 Å². The average molecular weight is 311 g/mol. The van der Waals surface area contributed by atoms with Gasteiger partial charge in [-0.15, -0.1) is 0 Å². The maximum absolute atomic E-state index is 10.3. The third kappa shape index (κ3) is 2.26. The van der Waals surface area contributed by atoms with E-state index in [4.69, 9.17) is 10.5 Å². The SMILES string of the molecule is CSC[C@H]1O[C@@H](n2c(C)nc3c(N)ncnc32)C(O)C1O. The molecular formula is C12H17N5O3S. The number of hydrogen-bond acceptors (Lipinski definition) is 8. The minimum absolute atomic E-state index is 0.274.